The molecular weight excluding hydrogens is 342 g/mol. The molecule has 0 saturated carbocycles. The largest absolute Gasteiger partial charge is 0.261 e. The van der Waals surface area contributed by atoms with E-state index in [0.717, 1.165) is 16.6 Å². The first-order valence-corrected chi connectivity index (χ1v) is 7.18. The number of hydrogen-bond donors (Lipinski definition) is 0. The van der Waals surface area contributed by atoms with E-state index in [1.54, 1.807) is 0 Å². The van der Waals surface area contributed by atoms with Crippen molar-refractivity contribution >= 4 is 31.9 Å². The monoisotopic (exact) mass is 353 g/mol. The molecule has 3 heteroatoms. The molecule has 2 rings (SSSR count). The van der Waals surface area contributed by atoms with Crippen LogP contribution < -0.4 is 0 Å². The molecule has 0 aliphatic rings. The van der Waals surface area contributed by atoms with Gasteiger partial charge in [-0.1, -0.05) is 56.1 Å². The second kappa shape index (κ2) is 5.78. The minimum Gasteiger partial charge on any atom is -0.261 e. The van der Waals surface area contributed by atoms with E-state index in [1.165, 1.54) is 11.1 Å². The van der Waals surface area contributed by atoms with Crippen LogP contribution in [0.3, 0.4) is 0 Å². The molecule has 0 aliphatic carbocycles. The summed E-state index contributed by atoms with van der Waals surface area (Å²) in [5, 5.41) is 0. The van der Waals surface area contributed by atoms with Crippen molar-refractivity contribution in [2.75, 3.05) is 0 Å². The van der Waals surface area contributed by atoms with Crippen LogP contribution in [0.1, 0.15) is 21.6 Å². The molecule has 1 aromatic carbocycles. The molecule has 0 saturated heterocycles. The third-order valence-electron chi connectivity index (χ3n) is 2.73. The van der Waals surface area contributed by atoms with Gasteiger partial charge in [0.05, 0.1) is 0 Å². The Morgan fingerprint density at radius 3 is 2.65 bits per heavy atom. The number of pyridine rings is 1. The van der Waals surface area contributed by atoms with Gasteiger partial charge in [-0.3, -0.25) is 4.98 Å². The molecule has 0 amide bonds. The van der Waals surface area contributed by atoms with Gasteiger partial charge in [-0.2, -0.15) is 0 Å². The predicted octanol–water partition coefficient (Wildman–Crippen LogP) is 4.83. The van der Waals surface area contributed by atoms with Gasteiger partial charge in [0.1, 0.15) is 0 Å². The van der Waals surface area contributed by atoms with E-state index in [1.807, 2.05) is 18.3 Å². The van der Waals surface area contributed by atoms with Crippen molar-refractivity contribution in [1.82, 2.24) is 4.98 Å². The molecule has 1 unspecified atom stereocenters. The van der Waals surface area contributed by atoms with Gasteiger partial charge in [-0.15, -0.1) is 0 Å². The summed E-state index contributed by atoms with van der Waals surface area (Å²) in [4.78, 5) is 4.71. The van der Waals surface area contributed by atoms with Crippen LogP contribution in [-0.2, 0) is 6.42 Å². The lowest BCUT2D eigenvalue weighted by atomic mass is 10.1. The molecule has 1 heterocycles. The third kappa shape index (κ3) is 3.17. The quantitative estimate of drug-likeness (QED) is 0.719. The maximum absolute atomic E-state index is 4.43. The van der Waals surface area contributed by atoms with Crippen molar-refractivity contribution in [2.24, 2.45) is 0 Å². The summed E-state index contributed by atoms with van der Waals surface area (Å²) in [6.45, 7) is 2.10. The second-order valence-electron chi connectivity index (χ2n) is 3.96. The van der Waals surface area contributed by atoms with E-state index in [2.05, 4.69) is 68.0 Å². The first-order valence-electron chi connectivity index (χ1n) is 5.47. The number of aryl methyl sites for hydroxylation is 1. The average Bonchev–Trinajstić information content (AvgIpc) is 2.32. The van der Waals surface area contributed by atoms with Gasteiger partial charge in [-0.05, 0) is 30.2 Å². The van der Waals surface area contributed by atoms with Gasteiger partial charge in [0.25, 0.3) is 0 Å². The van der Waals surface area contributed by atoms with Crippen molar-refractivity contribution in [3.05, 3.63) is 63.9 Å². The van der Waals surface area contributed by atoms with Crippen LogP contribution in [-0.4, -0.2) is 4.98 Å². The zero-order chi connectivity index (χ0) is 12.3. The third-order valence-corrected chi connectivity index (χ3v) is 4.27. The van der Waals surface area contributed by atoms with Gasteiger partial charge in [0.15, 0.2) is 0 Å². The number of hydrogen-bond acceptors (Lipinski definition) is 1. The van der Waals surface area contributed by atoms with E-state index < -0.39 is 0 Å². The molecule has 1 aromatic heterocycles. The normalized spacial score (nSPS) is 12.4. The lowest BCUT2D eigenvalue weighted by molar-refractivity contribution is 0.888. The van der Waals surface area contributed by atoms with Crippen LogP contribution in [0.15, 0.2) is 47.1 Å². The molecule has 88 valence electrons. The first kappa shape index (κ1) is 12.8. The molecule has 1 nitrogen and oxygen atoms in total. The van der Waals surface area contributed by atoms with E-state index in [0.29, 0.717) is 0 Å². The highest BCUT2D eigenvalue weighted by Crippen LogP contribution is 2.32. The van der Waals surface area contributed by atoms with Gasteiger partial charge in [0.2, 0.25) is 0 Å². The van der Waals surface area contributed by atoms with E-state index >= 15 is 0 Å². The smallest absolute Gasteiger partial charge is 0.0461 e. The number of alkyl halides is 1. The molecule has 1 atom stereocenters. The Kier molecular flexibility index (Phi) is 4.35. The Balaban J connectivity index is 2.20. The van der Waals surface area contributed by atoms with E-state index in [-0.39, 0.29) is 4.83 Å². The molecule has 0 fully saturated rings. The van der Waals surface area contributed by atoms with Crippen LogP contribution in [0, 0.1) is 6.92 Å². The number of halogens is 2. The van der Waals surface area contributed by atoms with Crippen LogP contribution in [0.2, 0.25) is 0 Å². The summed E-state index contributed by atoms with van der Waals surface area (Å²) in [5.41, 5.74) is 3.65. The summed E-state index contributed by atoms with van der Waals surface area (Å²) in [6, 6.07) is 12.3. The van der Waals surface area contributed by atoms with E-state index in [4.69, 9.17) is 0 Å². The Morgan fingerprint density at radius 1 is 1.18 bits per heavy atom. The summed E-state index contributed by atoms with van der Waals surface area (Å²) in [7, 11) is 0. The molecule has 0 aliphatic heterocycles. The van der Waals surface area contributed by atoms with Crippen molar-refractivity contribution < 1.29 is 0 Å². The van der Waals surface area contributed by atoms with Crippen LogP contribution in [0.25, 0.3) is 0 Å². The minimum absolute atomic E-state index is 0.284. The highest BCUT2D eigenvalue weighted by atomic mass is 79.9. The van der Waals surface area contributed by atoms with Crippen LogP contribution in [0.5, 0.6) is 0 Å². The van der Waals surface area contributed by atoms with Gasteiger partial charge >= 0.3 is 0 Å². The fraction of sp³-hybridized carbons (Fsp3) is 0.214. The van der Waals surface area contributed by atoms with Crippen molar-refractivity contribution in [2.45, 2.75) is 18.2 Å². The predicted molar refractivity (Wildman–Crippen MR) is 78.5 cm³/mol. The number of nitrogens with zero attached hydrogens (tertiary/aromatic N) is 1. The number of rotatable bonds is 3. The second-order valence-corrected chi connectivity index (χ2v) is 5.92. The molecule has 2 aromatic rings. The minimum atomic E-state index is 0.284. The first-order chi connectivity index (χ1) is 8.18. The lowest BCUT2D eigenvalue weighted by Crippen LogP contribution is -2.00. The van der Waals surface area contributed by atoms with Crippen molar-refractivity contribution in [1.29, 1.82) is 0 Å². The fourth-order valence-corrected chi connectivity index (χ4v) is 3.32. The molecule has 0 spiro atoms. The van der Waals surface area contributed by atoms with Crippen molar-refractivity contribution in [3.63, 3.8) is 0 Å². The van der Waals surface area contributed by atoms with Crippen molar-refractivity contribution in [3.8, 4) is 0 Å². The highest BCUT2D eigenvalue weighted by molar-refractivity contribution is 9.11. The molecule has 0 radical (unpaired) electrons. The van der Waals surface area contributed by atoms with Gasteiger partial charge < -0.3 is 0 Å². The number of benzene rings is 1. The van der Waals surface area contributed by atoms with E-state index in [9.17, 15) is 0 Å². The summed E-state index contributed by atoms with van der Waals surface area (Å²) < 4.78 is 1.13. The number of aromatic nitrogens is 1. The molecule has 17 heavy (non-hydrogen) atoms. The fourth-order valence-electron chi connectivity index (χ4n) is 1.74. The lowest BCUT2D eigenvalue weighted by Gasteiger charge is -2.12. The summed E-state index contributed by atoms with van der Waals surface area (Å²) >= 11 is 7.32. The SMILES string of the molecule is Cc1cccnc1CC(Br)c1ccccc1Br. The Bertz CT molecular complexity index is 511. The molecular formula is C14H13Br2N. The maximum Gasteiger partial charge on any atom is 0.0461 e. The Hall–Kier alpha value is -0.670. The topological polar surface area (TPSA) is 12.9 Å². The van der Waals surface area contributed by atoms with Gasteiger partial charge in [-0.25, -0.2) is 0 Å². The maximum atomic E-state index is 4.43. The zero-order valence-corrected chi connectivity index (χ0v) is 12.7. The highest BCUT2D eigenvalue weighted by Gasteiger charge is 2.13. The molecule has 0 N–H and O–H groups in total. The van der Waals surface area contributed by atoms with Crippen LogP contribution >= 0.6 is 31.9 Å². The summed E-state index contributed by atoms with van der Waals surface area (Å²) in [5.74, 6) is 0. The standard InChI is InChI=1S/C14H13Br2N/c1-10-5-4-8-17-14(10)9-13(16)11-6-2-3-7-12(11)15/h2-8,13H,9H2,1H3. The summed E-state index contributed by atoms with van der Waals surface area (Å²) in [6.07, 6.45) is 2.75. The van der Waals surface area contributed by atoms with Crippen LogP contribution in [0.4, 0.5) is 0 Å². The Morgan fingerprint density at radius 2 is 1.94 bits per heavy atom. The zero-order valence-electron chi connectivity index (χ0n) is 9.53. The average molecular weight is 355 g/mol. The van der Waals surface area contributed by atoms with Gasteiger partial charge in [0, 0.05) is 27.6 Å². The Labute approximate surface area is 119 Å². The molecule has 0 bridgehead atoms.